The molecule has 0 saturated heterocycles. The summed E-state index contributed by atoms with van der Waals surface area (Å²) in [7, 11) is 0. The third-order valence-electron chi connectivity index (χ3n) is 3.01. The second kappa shape index (κ2) is 7.20. The SMILES string of the molecule is Cc1nc(N)sc1-c1ccnc(Nc2cccc([N+](=O)[O-])c2)n1.Cl. The van der Waals surface area contributed by atoms with E-state index in [-0.39, 0.29) is 18.1 Å². The highest BCUT2D eigenvalue weighted by atomic mass is 35.5. The van der Waals surface area contributed by atoms with Gasteiger partial charge in [-0.05, 0) is 19.1 Å². The highest BCUT2D eigenvalue weighted by Gasteiger charge is 2.11. The molecule has 1 aromatic carbocycles. The number of anilines is 3. The summed E-state index contributed by atoms with van der Waals surface area (Å²) in [6, 6.07) is 7.91. The van der Waals surface area contributed by atoms with Gasteiger partial charge < -0.3 is 11.1 Å². The second-order valence-corrected chi connectivity index (χ2v) is 5.70. The summed E-state index contributed by atoms with van der Waals surface area (Å²) < 4.78 is 0. The molecule has 0 aliphatic heterocycles. The third kappa shape index (κ3) is 3.76. The number of nitrogen functional groups attached to an aromatic ring is 1. The smallest absolute Gasteiger partial charge is 0.271 e. The molecule has 24 heavy (non-hydrogen) atoms. The number of thiazole rings is 1. The maximum atomic E-state index is 10.8. The molecular formula is C14H13ClN6O2S. The van der Waals surface area contributed by atoms with Crippen molar-refractivity contribution in [3.05, 3.63) is 52.3 Å². The lowest BCUT2D eigenvalue weighted by Gasteiger charge is -2.06. The van der Waals surface area contributed by atoms with Crippen LogP contribution in [0.2, 0.25) is 0 Å². The summed E-state index contributed by atoms with van der Waals surface area (Å²) in [5.41, 5.74) is 7.74. The number of nitro benzene ring substituents is 1. The zero-order chi connectivity index (χ0) is 16.4. The van der Waals surface area contributed by atoms with E-state index in [9.17, 15) is 10.1 Å². The van der Waals surface area contributed by atoms with Crippen LogP contribution in [0.5, 0.6) is 0 Å². The van der Waals surface area contributed by atoms with Gasteiger partial charge in [-0.25, -0.2) is 15.0 Å². The number of non-ortho nitro benzene ring substituents is 1. The molecule has 3 rings (SSSR count). The molecule has 0 bridgehead atoms. The van der Waals surface area contributed by atoms with Gasteiger partial charge in [0.05, 0.1) is 21.2 Å². The Labute approximate surface area is 147 Å². The van der Waals surface area contributed by atoms with Crippen LogP contribution >= 0.6 is 23.7 Å². The van der Waals surface area contributed by atoms with Gasteiger partial charge in [0, 0.05) is 24.0 Å². The third-order valence-corrected chi connectivity index (χ3v) is 4.02. The lowest BCUT2D eigenvalue weighted by molar-refractivity contribution is -0.384. The fourth-order valence-corrected chi connectivity index (χ4v) is 2.83. The normalized spacial score (nSPS) is 10.0. The van der Waals surface area contributed by atoms with E-state index in [0.29, 0.717) is 22.5 Å². The van der Waals surface area contributed by atoms with Crippen LogP contribution in [0.1, 0.15) is 5.69 Å². The molecule has 10 heteroatoms. The molecule has 2 heterocycles. The maximum absolute atomic E-state index is 10.8. The standard InChI is InChI=1S/C14H12N6O2S.ClH/c1-8-12(23-13(15)17-8)11-5-6-16-14(19-11)18-9-3-2-4-10(7-9)20(21)22;/h2-7H,1H3,(H2,15,17)(H,16,18,19);1H. The highest BCUT2D eigenvalue weighted by Crippen LogP contribution is 2.30. The van der Waals surface area contributed by atoms with Crippen molar-refractivity contribution in [1.82, 2.24) is 15.0 Å². The van der Waals surface area contributed by atoms with Gasteiger partial charge in [0.15, 0.2) is 5.13 Å². The van der Waals surface area contributed by atoms with Gasteiger partial charge in [-0.3, -0.25) is 10.1 Å². The summed E-state index contributed by atoms with van der Waals surface area (Å²) >= 11 is 1.35. The number of rotatable bonds is 4. The summed E-state index contributed by atoms with van der Waals surface area (Å²) in [6.07, 6.45) is 1.61. The second-order valence-electron chi connectivity index (χ2n) is 4.66. The van der Waals surface area contributed by atoms with Crippen molar-refractivity contribution < 1.29 is 4.92 Å². The number of hydrogen-bond donors (Lipinski definition) is 2. The Morgan fingerprint density at radius 3 is 2.75 bits per heavy atom. The van der Waals surface area contributed by atoms with Crippen molar-refractivity contribution in [3.63, 3.8) is 0 Å². The molecule has 0 atom stereocenters. The molecular weight excluding hydrogens is 352 g/mol. The van der Waals surface area contributed by atoms with Gasteiger partial charge in [0.2, 0.25) is 5.95 Å². The largest absolute Gasteiger partial charge is 0.375 e. The van der Waals surface area contributed by atoms with Crippen LogP contribution in [0, 0.1) is 17.0 Å². The summed E-state index contributed by atoms with van der Waals surface area (Å²) in [5, 5.41) is 14.3. The Kier molecular flexibility index (Phi) is 5.27. The minimum absolute atomic E-state index is 0. The van der Waals surface area contributed by atoms with Gasteiger partial charge in [0.25, 0.3) is 5.69 Å². The van der Waals surface area contributed by atoms with Gasteiger partial charge in [-0.2, -0.15) is 0 Å². The van der Waals surface area contributed by atoms with E-state index in [4.69, 9.17) is 5.73 Å². The summed E-state index contributed by atoms with van der Waals surface area (Å²) in [6.45, 7) is 1.86. The molecule has 8 nitrogen and oxygen atoms in total. The van der Waals surface area contributed by atoms with Crippen LogP contribution in [0.3, 0.4) is 0 Å². The molecule has 0 amide bonds. The lowest BCUT2D eigenvalue weighted by atomic mass is 10.3. The lowest BCUT2D eigenvalue weighted by Crippen LogP contribution is -1.98. The number of aryl methyl sites for hydroxylation is 1. The van der Waals surface area contributed by atoms with Gasteiger partial charge >= 0.3 is 0 Å². The quantitative estimate of drug-likeness (QED) is 0.536. The molecule has 124 valence electrons. The first-order valence-electron chi connectivity index (χ1n) is 6.61. The topological polar surface area (TPSA) is 120 Å². The van der Waals surface area contributed by atoms with Crippen molar-refractivity contribution in [2.45, 2.75) is 6.92 Å². The van der Waals surface area contributed by atoms with Crippen LogP contribution < -0.4 is 11.1 Å². The van der Waals surface area contributed by atoms with Crippen molar-refractivity contribution >= 4 is 46.2 Å². The fraction of sp³-hybridized carbons (Fsp3) is 0.0714. The number of aromatic nitrogens is 3. The number of halogens is 1. The predicted octanol–water partition coefficient (Wildman–Crippen LogP) is 3.56. The Morgan fingerprint density at radius 2 is 2.08 bits per heavy atom. The maximum Gasteiger partial charge on any atom is 0.271 e. The van der Waals surface area contributed by atoms with Crippen molar-refractivity contribution in [3.8, 4) is 10.6 Å². The highest BCUT2D eigenvalue weighted by molar-refractivity contribution is 7.18. The minimum Gasteiger partial charge on any atom is -0.375 e. The first kappa shape index (κ1) is 17.6. The number of hydrogen-bond acceptors (Lipinski definition) is 8. The van der Waals surface area contributed by atoms with Crippen molar-refractivity contribution in [2.24, 2.45) is 0 Å². The molecule has 0 saturated carbocycles. The molecule has 0 aliphatic carbocycles. The first-order chi connectivity index (χ1) is 11.0. The average Bonchev–Trinajstić information content (AvgIpc) is 2.86. The monoisotopic (exact) mass is 364 g/mol. The van der Waals surface area contributed by atoms with Crippen LogP contribution in [-0.2, 0) is 0 Å². The first-order valence-corrected chi connectivity index (χ1v) is 7.42. The van der Waals surface area contributed by atoms with E-state index in [2.05, 4.69) is 20.3 Å². The molecule has 0 radical (unpaired) electrons. The molecule has 2 aromatic heterocycles. The van der Waals surface area contributed by atoms with Crippen molar-refractivity contribution in [2.75, 3.05) is 11.1 Å². The molecule has 3 aromatic rings. The van der Waals surface area contributed by atoms with Crippen LogP contribution in [0.4, 0.5) is 22.5 Å². The van der Waals surface area contributed by atoms with Gasteiger partial charge in [-0.15, -0.1) is 12.4 Å². The Hall–Kier alpha value is -2.78. The van der Waals surface area contributed by atoms with E-state index < -0.39 is 4.92 Å². The predicted molar refractivity (Wildman–Crippen MR) is 95.9 cm³/mol. The summed E-state index contributed by atoms with van der Waals surface area (Å²) in [4.78, 5) is 23.9. The van der Waals surface area contributed by atoms with E-state index in [1.54, 1.807) is 24.4 Å². The molecule has 0 aliphatic rings. The Balaban J connectivity index is 0.00000208. The summed E-state index contributed by atoms with van der Waals surface area (Å²) in [5.74, 6) is 0.342. The van der Waals surface area contributed by atoms with E-state index >= 15 is 0 Å². The fourth-order valence-electron chi connectivity index (χ4n) is 2.03. The minimum atomic E-state index is -0.452. The molecule has 0 fully saturated rings. The van der Waals surface area contributed by atoms with Gasteiger partial charge in [0.1, 0.15) is 0 Å². The zero-order valence-electron chi connectivity index (χ0n) is 12.5. The zero-order valence-corrected chi connectivity index (χ0v) is 14.1. The Bertz CT molecular complexity index is 885. The number of nitrogens with two attached hydrogens (primary N) is 1. The van der Waals surface area contributed by atoms with Crippen molar-refractivity contribution in [1.29, 1.82) is 0 Å². The van der Waals surface area contributed by atoms with Crippen LogP contribution in [-0.4, -0.2) is 19.9 Å². The van der Waals surface area contributed by atoms with Crippen LogP contribution in [0.15, 0.2) is 36.5 Å². The molecule has 0 unspecified atom stereocenters. The molecule has 3 N–H and O–H groups in total. The number of nitro groups is 1. The Morgan fingerprint density at radius 1 is 1.29 bits per heavy atom. The number of benzene rings is 1. The van der Waals surface area contributed by atoms with Crippen LogP contribution in [0.25, 0.3) is 10.6 Å². The van der Waals surface area contributed by atoms with E-state index in [1.807, 2.05) is 6.92 Å². The van der Waals surface area contributed by atoms with E-state index in [1.165, 1.54) is 23.5 Å². The molecule has 0 spiro atoms. The number of nitrogens with one attached hydrogen (secondary N) is 1. The average molecular weight is 365 g/mol. The van der Waals surface area contributed by atoms with Gasteiger partial charge in [-0.1, -0.05) is 17.4 Å². The van der Waals surface area contributed by atoms with E-state index in [0.717, 1.165) is 10.6 Å². The number of nitrogens with zero attached hydrogens (tertiary/aromatic N) is 4.